The van der Waals surface area contributed by atoms with Crippen molar-refractivity contribution >= 4 is 11.9 Å². The first-order chi connectivity index (χ1) is 12.2. The Morgan fingerprint density at radius 3 is 2.68 bits per heavy atom. The van der Waals surface area contributed by atoms with Gasteiger partial charge in [0.2, 0.25) is 5.95 Å². The van der Waals surface area contributed by atoms with Crippen LogP contribution in [0.5, 0.6) is 5.75 Å². The topological polar surface area (TPSA) is 85.4 Å². The second-order valence-electron chi connectivity index (χ2n) is 5.43. The molecule has 0 aliphatic rings. The Morgan fingerprint density at radius 2 is 1.96 bits per heavy atom. The second-order valence-corrected chi connectivity index (χ2v) is 5.43. The predicted octanol–water partition coefficient (Wildman–Crippen LogP) is 1.91. The van der Waals surface area contributed by atoms with E-state index in [2.05, 4.69) is 20.6 Å². The van der Waals surface area contributed by atoms with E-state index in [1.165, 1.54) is 12.4 Å². The number of hydrogen-bond donors (Lipinski definition) is 2. The van der Waals surface area contributed by atoms with Gasteiger partial charge in [-0.3, -0.25) is 4.79 Å². The number of anilines is 1. The van der Waals surface area contributed by atoms with Crippen LogP contribution in [-0.4, -0.2) is 49.8 Å². The maximum atomic E-state index is 12.1. The number of carbonyl (C=O) groups is 1. The van der Waals surface area contributed by atoms with Gasteiger partial charge in [-0.25, -0.2) is 9.97 Å². The highest BCUT2D eigenvalue weighted by Gasteiger charge is 2.07. The van der Waals surface area contributed by atoms with Crippen LogP contribution in [0.15, 0.2) is 36.7 Å². The molecule has 1 aromatic carbocycles. The smallest absolute Gasteiger partial charge is 0.254 e. The fraction of sp³-hybridized carbons (Fsp3) is 0.389. The van der Waals surface area contributed by atoms with Crippen molar-refractivity contribution < 1.29 is 14.3 Å². The maximum Gasteiger partial charge on any atom is 0.254 e. The molecule has 134 valence electrons. The molecule has 25 heavy (non-hydrogen) atoms. The van der Waals surface area contributed by atoms with Crippen molar-refractivity contribution in [1.29, 1.82) is 0 Å². The number of benzene rings is 1. The average Bonchev–Trinajstić information content (AvgIpc) is 2.66. The molecule has 0 atom stereocenters. The Labute approximate surface area is 147 Å². The lowest BCUT2D eigenvalue weighted by atomic mass is 10.1. The summed E-state index contributed by atoms with van der Waals surface area (Å²) in [6.07, 6.45) is 4.63. The molecule has 0 saturated heterocycles. The number of nitrogens with zero attached hydrogens (tertiary/aromatic N) is 2. The van der Waals surface area contributed by atoms with E-state index >= 15 is 0 Å². The van der Waals surface area contributed by atoms with Gasteiger partial charge in [-0.1, -0.05) is 12.1 Å². The van der Waals surface area contributed by atoms with Crippen LogP contribution in [0.2, 0.25) is 0 Å². The summed E-state index contributed by atoms with van der Waals surface area (Å²) in [4.78, 5) is 20.4. The standard InChI is InChI=1S/C18H24N4O3/c1-24-10-4-8-20-18-21-12-15(13-22-18)17(23)19-9-7-14-5-3-6-16(11-14)25-2/h3,5-6,11-13H,4,7-10H2,1-2H3,(H,19,23)(H,20,21,22). The SMILES string of the molecule is COCCCNc1ncc(C(=O)NCCc2cccc(OC)c2)cn1. The van der Waals surface area contributed by atoms with Gasteiger partial charge in [0.1, 0.15) is 5.75 Å². The Hall–Kier alpha value is -2.67. The molecule has 0 bridgehead atoms. The van der Waals surface area contributed by atoms with Crippen LogP contribution in [0, 0.1) is 0 Å². The fourth-order valence-corrected chi connectivity index (χ4v) is 2.20. The number of carbonyl (C=O) groups excluding carboxylic acids is 1. The molecule has 0 radical (unpaired) electrons. The molecule has 0 spiro atoms. The normalized spacial score (nSPS) is 10.3. The molecule has 0 unspecified atom stereocenters. The van der Waals surface area contributed by atoms with E-state index in [-0.39, 0.29) is 5.91 Å². The molecule has 7 heteroatoms. The molecule has 7 nitrogen and oxygen atoms in total. The fourth-order valence-electron chi connectivity index (χ4n) is 2.20. The van der Waals surface area contributed by atoms with E-state index in [4.69, 9.17) is 9.47 Å². The monoisotopic (exact) mass is 344 g/mol. The summed E-state index contributed by atoms with van der Waals surface area (Å²) < 4.78 is 10.2. The number of ether oxygens (including phenoxy) is 2. The first-order valence-corrected chi connectivity index (χ1v) is 8.19. The van der Waals surface area contributed by atoms with E-state index in [1.807, 2.05) is 24.3 Å². The summed E-state index contributed by atoms with van der Waals surface area (Å²) in [5.74, 6) is 1.13. The first-order valence-electron chi connectivity index (χ1n) is 8.19. The van der Waals surface area contributed by atoms with Crippen molar-refractivity contribution in [2.75, 3.05) is 39.2 Å². The van der Waals surface area contributed by atoms with Gasteiger partial charge < -0.3 is 20.1 Å². The molecule has 2 N–H and O–H groups in total. The van der Waals surface area contributed by atoms with E-state index in [9.17, 15) is 4.79 Å². The zero-order valence-electron chi connectivity index (χ0n) is 14.6. The number of rotatable bonds is 10. The largest absolute Gasteiger partial charge is 0.497 e. The molecule has 0 saturated carbocycles. The highest BCUT2D eigenvalue weighted by Crippen LogP contribution is 2.12. The zero-order valence-corrected chi connectivity index (χ0v) is 14.6. The third-order valence-corrected chi connectivity index (χ3v) is 3.56. The van der Waals surface area contributed by atoms with Crippen molar-refractivity contribution in [3.63, 3.8) is 0 Å². The van der Waals surface area contributed by atoms with Crippen molar-refractivity contribution in [3.8, 4) is 5.75 Å². The number of methoxy groups -OCH3 is 2. The van der Waals surface area contributed by atoms with Gasteiger partial charge >= 0.3 is 0 Å². The molecule has 1 heterocycles. The quantitative estimate of drug-likeness (QED) is 0.641. The van der Waals surface area contributed by atoms with Gasteiger partial charge in [-0.15, -0.1) is 0 Å². The van der Waals surface area contributed by atoms with Gasteiger partial charge in [0, 0.05) is 39.2 Å². The Bertz CT molecular complexity index is 662. The zero-order chi connectivity index (χ0) is 17.9. The third-order valence-electron chi connectivity index (χ3n) is 3.56. The lowest BCUT2D eigenvalue weighted by Crippen LogP contribution is -2.26. The first kappa shape index (κ1) is 18.7. The summed E-state index contributed by atoms with van der Waals surface area (Å²) in [5, 5.41) is 5.94. The van der Waals surface area contributed by atoms with Crippen LogP contribution < -0.4 is 15.4 Å². The molecule has 1 aromatic heterocycles. The minimum Gasteiger partial charge on any atom is -0.497 e. The van der Waals surface area contributed by atoms with Gasteiger partial charge in [0.15, 0.2) is 0 Å². The van der Waals surface area contributed by atoms with E-state index in [0.29, 0.717) is 24.7 Å². The Morgan fingerprint density at radius 1 is 1.16 bits per heavy atom. The van der Waals surface area contributed by atoms with E-state index in [1.54, 1.807) is 14.2 Å². The van der Waals surface area contributed by atoms with Crippen LogP contribution in [0.1, 0.15) is 22.3 Å². The Kier molecular flexibility index (Phi) is 7.65. The van der Waals surface area contributed by atoms with Gasteiger partial charge in [0.25, 0.3) is 5.91 Å². The summed E-state index contributed by atoms with van der Waals surface area (Å²) in [6, 6.07) is 7.79. The molecule has 2 rings (SSSR count). The van der Waals surface area contributed by atoms with Crippen molar-refractivity contribution in [2.45, 2.75) is 12.8 Å². The molecule has 2 aromatic rings. The minimum atomic E-state index is -0.186. The molecule has 1 amide bonds. The summed E-state index contributed by atoms with van der Waals surface area (Å²) in [6.45, 7) is 1.93. The predicted molar refractivity (Wildman–Crippen MR) is 96.0 cm³/mol. The van der Waals surface area contributed by atoms with Crippen LogP contribution in [0.25, 0.3) is 0 Å². The van der Waals surface area contributed by atoms with Gasteiger partial charge in [-0.2, -0.15) is 0 Å². The second kappa shape index (κ2) is 10.2. The molecule has 0 fully saturated rings. The number of amides is 1. The van der Waals surface area contributed by atoms with Crippen LogP contribution >= 0.6 is 0 Å². The van der Waals surface area contributed by atoms with Crippen LogP contribution in [0.4, 0.5) is 5.95 Å². The van der Waals surface area contributed by atoms with Crippen molar-refractivity contribution in [2.24, 2.45) is 0 Å². The summed E-state index contributed by atoms with van der Waals surface area (Å²) in [5.41, 5.74) is 1.54. The molecular formula is C18H24N4O3. The molecule has 0 aliphatic carbocycles. The highest BCUT2D eigenvalue weighted by atomic mass is 16.5. The van der Waals surface area contributed by atoms with E-state index < -0.39 is 0 Å². The average molecular weight is 344 g/mol. The lowest BCUT2D eigenvalue weighted by molar-refractivity contribution is 0.0953. The van der Waals surface area contributed by atoms with Crippen molar-refractivity contribution in [3.05, 3.63) is 47.8 Å². The number of aromatic nitrogens is 2. The molecule has 0 aliphatic heterocycles. The van der Waals surface area contributed by atoms with E-state index in [0.717, 1.165) is 30.7 Å². The lowest BCUT2D eigenvalue weighted by Gasteiger charge is -2.07. The number of hydrogen-bond acceptors (Lipinski definition) is 6. The van der Waals surface area contributed by atoms with Crippen LogP contribution in [-0.2, 0) is 11.2 Å². The third kappa shape index (κ3) is 6.39. The summed E-state index contributed by atoms with van der Waals surface area (Å²) >= 11 is 0. The Balaban J connectivity index is 1.76. The van der Waals surface area contributed by atoms with Crippen LogP contribution in [0.3, 0.4) is 0 Å². The summed E-state index contributed by atoms with van der Waals surface area (Å²) in [7, 11) is 3.30. The number of nitrogens with one attached hydrogen (secondary N) is 2. The van der Waals surface area contributed by atoms with Gasteiger partial charge in [-0.05, 0) is 30.5 Å². The maximum absolute atomic E-state index is 12.1. The molecular weight excluding hydrogens is 320 g/mol. The van der Waals surface area contributed by atoms with Crippen molar-refractivity contribution in [1.82, 2.24) is 15.3 Å². The minimum absolute atomic E-state index is 0.186. The highest BCUT2D eigenvalue weighted by molar-refractivity contribution is 5.93. The van der Waals surface area contributed by atoms with Gasteiger partial charge in [0.05, 0.1) is 12.7 Å².